The molecule has 2 aromatic rings. The predicted molar refractivity (Wildman–Crippen MR) is 109 cm³/mol. The first-order valence-corrected chi connectivity index (χ1v) is 9.34. The van der Waals surface area contributed by atoms with Gasteiger partial charge in [-0.1, -0.05) is 82.3 Å². The SMILES string of the molecule is CC(C)C1=CCC(C(C)C)(N(c2ccccc2)c2ccccc2)C=C1. The Balaban J connectivity index is 2.12. The fourth-order valence-corrected chi connectivity index (χ4v) is 3.72. The third-order valence-electron chi connectivity index (χ3n) is 5.34. The average Bonchev–Trinajstić information content (AvgIpc) is 2.64. The van der Waals surface area contributed by atoms with Crippen LogP contribution in [0.25, 0.3) is 0 Å². The van der Waals surface area contributed by atoms with Gasteiger partial charge in [-0.05, 0) is 48.1 Å². The Morgan fingerprint density at radius 2 is 1.32 bits per heavy atom. The van der Waals surface area contributed by atoms with Crippen molar-refractivity contribution in [3.63, 3.8) is 0 Å². The first kappa shape index (κ1) is 17.5. The lowest BCUT2D eigenvalue weighted by Crippen LogP contribution is -2.49. The highest BCUT2D eigenvalue weighted by Crippen LogP contribution is 2.43. The van der Waals surface area contributed by atoms with Gasteiger partial charge in [-0.15, -0.1) is 0 Å². The lowest BCUT2D eigenvalue weighted by molar-refractivity contribution is 0.376. The normalized spacial score (nSPS) is 20.0. The molecule has 0 saturated carbocycles. The molecule has 1 heteroatoms. The molecule has 0 amide bonds. The second-order valence-electron chi connectivity index (χ2n) is 7.55. The molecule has 25 heavy (non-hydrogen) atoms. The summed E-state index contributed by atoms with van der Waals surface area (Å²) in [5.74, 6) is 1.05. The van der Waals surface area contributed by atoms with Gasteiger partial charge in [-0.3, -0.25) is 0 Å². The van der Waals surface area contributed by atoms with Gasteiger partial charge in [0.05, 0.1) is 5.54 Å². The van der Waals surface area contributed by atoms with Crippen molar-refractivity contribution in [1.82, 2.24) is 0 Å². The molecule has 1 aliphatic rings. The standard InChI is InChI=1S/C24H29N/c1-19(2)21-15-17-24(18-16-21,20(3)4)25(22-11-7-5-8-12-22)23-13-9-6-10-14-23/h5-17,19-20H,18H2,1-4H3. The van der Waals surface area contributed by atoms with Crippen molar-refractivity contribution in [2.45, 2.75) is 39.7 Å². The number of para-hydroxylation sites is 2. The van der Waals surface area contributed by atoms with Crippen LogP contribution >= 0.6 is 0 Å². The fraction of sp³-hybridized carbons (Fsp3) is 0.333. The number of anilines is 2. The maximum absolute atomic E-state index is 2.52. The van der Waals surface area contributed by atoms with Crippen molar-refractivity contribution in [1.29, 1.82) is 0 Å². The minimum Gasteiger partial charge on any atom is -0.331 e. The summed E-state index contributed by atoms with van der Waals surface area (Å²) in [6, 6.07) is 21.5. The predicted octanol–water partition coefficient (Wildman–Crippen LogP) is 6.76. The van der Waals surface area contributed by atoms with Gasteiger partial charge in [-0.2, -0.15) is 0 Å². The molecular weight excluding hydrogens is 302 g/mol. The molecule has 3 rings (SSSR count). The van der Waals surface area contributed by atoms with Gasteiger partial charge in [0, 0.05) is 11.4 Å². The van der Waals surface area contributed by atoms with E-state index >= 15 is 0 Å². The van der Waals surface area contributed by atoms with Crippen molar-refractivity contribution >= 4 is 11.4 Å². The van der Waals surface area contributed by atoms with Crippen LogP contribution in [0, 0.1) is 11.8 Å². The zero-order chi connectivity index (χ0) is 17.9. The molecule has 1 unspecified atom stereocenters. The van der Waals surface area contributed by atoms with Gasteiger partial charge in [0.1, 0.15) is 0 Å². The Labute approximate surface area is 152 Å². The molecule has 0 fully saturated rings. The summed E-state index contributed by atoms with van der Waals surface area (Å²) in [4.78, 5) is 2.52. The number of benzene rings is 2. The number of hydrogen-bond donors (Lipinski definition) is 0. The maximum atomic E-state index is 2.52. The summed E-state index contributed by atoms with van der Waals surface area (Å²) in [7, 11) is 0. The Kier molecular flexibility index (Phi) is 5.13. The molecule has 0 N–H and O–H groups in total. The number of nitrogens with zero attached hydrogens (tertiary/aromatic N) is 1. The van der Waals surface area contributed by atoms with Gasteiger partial charge in [-0.25, -0.2) is 0 Å². The highest BCUT2D eigenvalue weighted by atomic mass is 15.2. The molecule has 1 aliphatic carbocycles. The molecule has 130 valence electrons. The lowest BCUT2D eigenvalue weighted by Gasteiger charge is -2.48. The van der Waals surface area contributed by atoms with Crippen molar-refractivity contribution in [2.75, 3.05) is 4.90 Å². The molecule has 2 aromatic carbocycles. The summed E-state index contributed by atoms with van der Waals surface area (Å²) in [6.07, 6.45) is 8.24. The third-order valence-corrected chi connectivity index (χ3v) is 5.34. The summed E-state index contributed by atoms with van der Waals surface area (Å²) in [5, 5.41) is 0. The molecule has 0 spiro atoms. The Morgan fingerprint density at radius 1 is 0.800 bits per heavy atom. The van der Waals surface area contributed by atoms with Crippen LogP contribution in [0.3, 0.4) is 0 Å². The topological polar surface area (TPSA) is 3.24 Å². The van der Waals surface area contributed by atoms with E-state index in [1.807, 2.05) is 0 Å². The second kappa shape index (κ2) is 7.31. The molecule has 1 nitrogen and oxygen atoms in total. The Hall–Kier alpha value is -2.28. The van der Waals surface area contributed by atoms with E-state index in [1.54, 1.807) is 0 Å². The van der Waals surface area contributed by atoms with Crippen LogP contribution in [0.5, 0.6) is 0 Å². The molecule has 0 radical (unpaired) electrons. The van der Waals surface area contributed by atoms with E-state index in [9.17, 15) is 0 Å². The number of hydrogen-bond acceptors (Lipinski definition) is 1. The van der Waals surface area contributed by atoms with Crippen LogP contribution in [-0.4, -0.2) is 5.54 Å². The van der Waals surface area contributed by atoms with Crippen molar-refractivity contribution in [3.8, 4) is 0 Å². The lowest BCUT2D eigenvalue weighted by atomic mass is 9.76. The zero-order valence-corrected chi connectivity index (χ0v) is 15.8. The van der Waals surface area contributed by atoms with Gasteiger partial charge in [0.2, 0.25) is 0 Å². The zero-order valence-electron chi connectivity index (χ0n) is 15.8. The Morgan fingerprint density at radius 3 is 1.68 bits per heavy atom. The minimum atomic E-state index is -0.0545. The fourth-order valence-electron chi connectivity index (χ4n) is 3.72. The van der Waals surface area contributed by atoms with E-state index in [4.69, 9.17) is 0 Å². The van der Waals surface area contributed by atoms with E-state index in [1.165, 1.54) is 16.9 Å². The number of allylic oxidation sites excluding steroid dienone is 2. The van der Waals surface area contributed by atoms with Crippen molar-refractivity contribution in [3.05, 3.63) is 84.5 Å². The molecular formula is C24H29N. The van der Waals surface area contributed by atoms with E-state index in [2.05, 4.69) is 111 Å². The van der Waals surface area contributed by atoms with Crippen LogP contribution in [0.2, 0.25) is 0 Å². The van der Waals surface area contributed by atoms with Crippen LogP contribution in [0.4, 0.5) is 11.4 Å². The van der Waals surface area contributed by atoms with Gasteiger partial charge in [0.25, 0.3) is 0 Å². The van der Waals surface area contributed by atoms with Crippen LogP contribution in [0.1, 0.15) is 34.1 Å². The highest BCUT2D eigenvalue weighted by Gasteiger charge is 2.39. The van der Waals surface area contributed by atoms with Gasteiger partial charge < -0.3 is 4.90 Å². The quantitative estimate of drug-likeness (QED) is 0.585. The number of rotatable bonds is 5. The maximum Gasteiger partial charge on any atom is 0.0693 e. The van der Waals surface area contributed by atoms with Gasteiger partial charge >= 0.3 is 0 Å². The molecule has 0 aromatic heterocycles. The third kappa shape index (κ3) is 3.42. The Bertz CT molecular complexity index is 701. The second-order valence-corrected chi connectivity index (χ2v) is 7.55. The molecule has 0 aliphatic heterocycles. The largest absolute Gasteiger partial charge is 0.331 e. The summed E-state index contributed by atoms with van der Waals surface area (Å²) in [5.41, 5.74) is 3.88. The van der Waals surface area contributed by atoms with Crippen LogP contribution in [-0.2, 0) is 0 Å². The monoisotopic (exact) mass is 331 g/mol. The molecule has 0 heterocycles. The van der Waals surface area contributed by atoms with Crippen molar-refractivity contribution in [2.24, 2.45) is 11.8 Å². The smallest absolute Gasteiger partial charge is 0.0693 e. The summed E-state index contributed by atoms with van der Waals surface area (Å²) < 4.78 is 0. The highest BCUT2D eigenvalue weighted by molar-refractivity contribution is 5.67. The van der Waals surface area contributed by atoms with Crippen LogP contribution in [0.15, 0.2) is 84.5 Å². The van der Waals surface area contributed by atoms with E-state index in [0.29, 0.717) is 11.8 Å². The van der Waals surface area contributed by atoms with E-state index in [-0.39, 0.29) is 5.54 Å². The minimum absolute atomic E-state index is 0.0545. The summed E-state index contributed by atoms with van der Waals surface area (Å²) >= 11 is 0. The van der Waals surface area contributed by atoms with Crippen molar-refractivity contribution < 1.29 is 0 Å². The summed E-state index contributed by atoms with van der Waals surface area (Å²) in [6.45, 7) is 9.20. The molecule has 0 saturated heterocycles. The molecule has 1 atom stereocenters. The van der Waals surface area contributed by atoms with E-state index < -0.39 is 0 Å². The first-order chi connectivity index (χ1) is 12.0. The first-order valence-electron chi connectivity index (χ1n) is 9.34. The van der Waals surface area contributed by atoms with Crippen LogP contribution < -0.4 is 4.90 Å². The molecule has 0 bridgehead atoms. The average molecular weight is 332 g/mol. The van der Waals surface area contributed by atoms with Gasteiger partial charge in [0.15, 0.2) is 0 Å². The van der Waals surface area contributed by atoms with E-state index in [0.717, 1.165) is 6.42 Å².